The monoisotopic (exact) mass is 429 g/mol. The van der Waals surface area contributed by atoms with Crippen LogP contribution in [-0.4, -0.2) is 46.6 Å². The van der Waals surface area contributed by atoms with Crippen molar-refractivity contribution in [3.05, 3.63) is 64.7 Å². The van der Waals surface area contributed by atoms with Gasteiger partial charge in [0.05, 0.1) is 33.5 Å². The van der Waals surface area contributed by atoms with E-state index in [-0.39, 0.29) is 28.3 Å². The normalized spacial score (nSPS) is 27.5. The molecule has 2 atom stereocenters. The molecule has 28 heavy (non-hydrogen) atoms. The van der Waals surface area contributed by atoms with Gasteiger partial charge in [0.2, 0.25) is 0 Å². The summed E-state index contributed by atoms with van der Waals surface area (Å²) < 4.78 is 25.1. The molecule has 5 rings (SSSR count). The molecule has 0 N–H and O–H groups in total. The van der Waals surface area contributed by atoms with Gasteiger partial charge in [-0.05, 0) is 13.0 Å². The SMILES string of the molecule is C[C@@]12CS(=O)(=O)C[C@@H]1SC(=S)N2c1cccc2c1C(=O)c1ccccc1C2=O. The minimum Gasteiger partial charge on any atom is -0.318 e. The number of thioether (sulfide) groups is 1. The molecule has 1 aliphatic carbocycles. The molecule has 2 saturated heterocycles. The van der Waals surface area contributed by atoms with E-state index >= 15 is 0 Å². The molecule has 0 radical (unpaired) electrons. The maximum atomic E-state index is 13.3. The number of fused-ring (bicyclic) bond motifs is 3. The first-order valence-corrected chi connectivity index (χ1v) is 11.9. The number of thiocarbonyl (C=S) groups is 1. The lowest BCUT2D eigenvalue weighted by Crippen LogP contribution is -2.50. The zero-order valence-electron chi connectivity index (χ0n) is 14.8. The van der Waals surface area contributed by atoms with Gasteiger partial charge in [-0.25, -0.2) is 8.42 Å². The molecule has 0 unspecified atom stereocenters. The lowest BCUT2D eigenvalue weighted by Gasteiger charge is -2.36. The summed E-state index contributed by atoms with van der Waals surface area (Å²) in [5.74, 6) is -0.400. The van der Waals surface area contributed by atoms with Crippen molar-refractivity contribution in [1.29, 1.82) is 0 Å². The predicted molar refractivity (Wildman–Crippen MR) is 113 cm³/mol. The van der Waals surface area contributed by atoms with Crippen LogP contribution in [-0.2, 0) is 9.84 Å². The summed E-state index contributed by atoms with van der Waals surface area (Å²) in [7, 11) is -3.20. The number of carbonyl (C=O) groups excluding carboxylic acids is 2. The minimum atomic E-state index is -3.20. The second-order valence-corrected chi connectivity index (χ2v) is 11.5. The van der Waals surface area contributed by atoms with Crippen LogP contribution in [0, 0.1) is 0 Å². The Morgan fingerprint density at radius 3 is 2.39 bits per heavy atom. The number of hydrogen-bond donors (Lipinski definition) is 0. The van der Waals surface area contributed by atoms with Gasteiger partial charge in [-0.1, -0.05) is 60.4 Å². The standard InChI is InChI=1S/C20H15NO4S3/c1-20-10-28(24,25)9-15(20)27-19(26)21(20)14-8-4-7-13-16(14)18(23)12-6-3-2-5-11(12)17(13)22/h2-8,15H,9-10H2,1H3/t15-,20+/m0/s1. The quantitative estimate of drug-likeness (QED) is 0.551. The van der Waals surface area contributed by atoms with Crippen molar-refractivity contribution < 1.29 is 18.0 Å². The van der Waals surface area contributed by atoms with Crippen molar-refractivity contribution in [2.75, 3.05) is 16.4 Å². The number of sulfone groups is 1. The molecule has 0 spiro atoms. The van der Waals surface area contributed by atoms with E-state index in [4.69, 9.17) is 12.2 Å². The van der Waals surface area contributed by atoms with Crippen LogP contribution < -0.4 is 4.90 Å². The van der Waals surface area contributed by atoms with Gasteiger partial charge in [-0.15, -0.1) is 0 Å². The molecule has 142 valence electrons. The lowest BCUT2D eigenvalue weighted by molar-refractivity contribution is 0.0979. The summed E-state index contributed by atoms with van der Waals surface area (Å²) in [6, 6.07) is 11.9. The zero-order chi connectivity index (χ0) is 19.8. The Labute approximate surface area is 172 Å². The van der Waals surface area contributed by atoms with E-state index in [0.717, 1.165) is 0 Å². The van der Waals surface area contributed by atoms with Gasteiger partial charge in [0.1, 0.15) is 4.32 Å². The molecule has 2 aromatic rings. The number of carbonyl (C=O) groups is 2. The number of nitrogens with zero attached hydrogens (tertiary/aromatic N) is 1. The molecule has 2 fully saturated rings. The Balaban J connectivity index is 1.73. The number of anilines is 1. The van der Waals surface area contributed by atoms with Crippen molar-refractivity contribution >= 4 is 55.4 Å². The van der Waals surface area contributed by atoms with Crippen molar-refractivity contribution in [3.63, 3.8) is 0 Å². The van der Waals surface area contributed by atoms with Crippen molar-refractivity contribution in [2.24, 2.45) is 0 Å². The Hall–Kier alpha value is -2.03. The van der Waals surface area contributed by atoms with Gasteiger partial charge in [0.15, 0.2) is 21.4 Å². The highest BCUT2D eigenvalue weighted by atomic mass is 32.2. The number of hydrogen-bond acceptors (Lipinski definition) is 6. The Morgan fingerprint density at radius 2 is 1.68 bits per heavy atom. The predicted octanol–water partition coefficient (Wildman–Crippen LogP) is 2.86. The molecule has 2 heterocycles. The van der Waals surface area contributed by atoms with E-state index in [1.165, 1.54) is 11.8 Å². The molecule has 0 amide bonds. The molecule has 2 aromatic carbocycles. The van der Waals surface area contributed by atoms with Gasteiger partial charge in [-0.2, -0.15) is 0 Å². The fraction of sp³-hybridized carbons (Fsp3) is 0.250. The van der Waals surface area contributed by atoms with E-state index in [0.29, 0.717) is 32.3 Å². The maximum Gasteiger partial charge on any atom is 0.196 e. The highest BCUT2D eigenvalue weighted by Crippen LogP contribution is 2.49. The van der Waals surface area contributed by atoms with Crippen LogP contribution in [0.1, 0.15) is 38.8 Å². The van der Waals surface area contributed by atoms with Gasteiger partial charge >= 0.3 is 0 Å². The summed E-state index contributed by atoms with van der Waals surface area (Å²) in [5.41, 5.74) is 1.18. The second-order valence-electron chi connectivity index (χ2n) is 7.52. The van der Waals surface area contributed by atoms with E-state index in [1.54, 1.807) is 47.4 Å². The van der Waals surface area contributed by atoms with Crippen LogP contribution in [0.15, 0.2) is 42.5 Å². The summed E-state index contributed by atoms with van der Waals surface area (Å²) in [5, 5.41) is -0.192. The third-order valence-electron chi connectivity index (χ3n) is 5.72. The number of ketones is 2. The highest BCUT2D eigenvalue weighted by molar-refractivity contribution is 8.24. The third-order valence-corrected chi connectivity index (χ3v) is 9.61. The second kappa shape index (κ2) is 5.75. The average molecular weight is 430 g/mol. The lowest BCUT2D eigenvalue weighted by atomic mass is 9.82. The van der Waals surface area contributed by atoms with Gasteiger partial charge in [0.25, 0.3) is 0 Å². The van der Waals surface area contributed by atoms with Crippen LogP contribution in [0.2, 0.25) is 0 Å². The summed E-state index contributed by atoms with van der Waals surface area (Å²) in [4.78, 5) is 28.1. The molecule has 5 nitrogen and oxygen atoms in total. The molecule has 3 aliphatic rings. The van der Waals surface area contributed by atoms with Gasteiger partial charge < -0.3 is 4.90 Å². The fourth-order valence-corrected chi connectivity index (χ4v) is 9.36. The first kappa shape index (κ1) is 18.0. The fourth-order valence-electron chi connectivity index (χ4n) is 4.45. The number of benzene rings is 2. The van der Waals surface area contributed by atoms with Crippen LogP contribution >= 0.6 is 24.0 Å². The Bertz CT molecular complexity index is 1200. The summed E-state index contributed by atoms with van der Waals surface area (Å²) in [6.07, 6.45) is 0. The molecule has 0 bridgehead atoms. The third kappa shape index (κ3) is 2.31. The molecule has 0 aromatic heterocycles. The first-order valence-electron chi connectivity index (χ1n) is 8.76. The highest BCUT2D eigenvalue weighted by Gasteiger charge is 2.58. The smallest absolute Gasteiger partial charge is 0.196 e. The largest absolute Gasteiger partial charge is 0.318 e. The van der Waals surface area contributed by atoms with Crippen LogP contribution in [0.3, 0.4) is 0 Å². The minimum absolute atomic E-state index is 0.0276. The van der Waals surface area contributed by atoms with E-state index in [9.17, 15) is 18.0 Å². The van der Waals surface area contributed by atoms with E-state index < -0.39 is 15.4 Å². The summed E-state index contributed by atoms with van der Waals surface area (Å²) in [6.45, 7) is 1.87. The van der Waals surface area contributed by atoms with Crippen LogP contribution in [0.4, 0.5) is 5.69 Å². The first-order chi connectivity index (χ1) is 13.2. The van der Waals surface area contributed by atoms with Gasteiger partial charge in [-0.3, -0.25) is 9.59 Å². The van der Waals surface area contributed by atoms with Crippen LogP contribution in [0.25, 0.3) is 0 Å². The Morgan fingerprint density at radius 1 is 1.04 bits per heavy atom. The molecular weight excluding hydrogens is 414 g/mol. The van der Waals surface area contributed by atoms with E-state index in [1.807, 2.05) is 6.92 Å². The molecule has 2 aliphatic heterocycles. The molecular formula is C20H15NO4S3. The van der Waals surface area contributed by atoms with Crippen molar-refractivity contribution in [2.45, 2.75) is 17.7 Å². The maximum absolute atomic E-state index is 13.3. The molecule has 0 saturated carbocycles. The number of rotatable bonds is 1. The zero-order valence-corrected chi connectivity index (χ0v) is 17.3. The van der Waals surface area contributed by atoms with Crippen molar-refractivity contribution in [1.82, 2.24) is 0 Å². The summed E-state index contributed by atoms with van der Waals surface area (Å²) >= 11 is 6.93. The Kier molecular flexibility index (Phi) is 3.70. The average Bonchev–Trinajstić information content (AvgIpc) is 3.01. The topological polar surface area (TPSA) is 71.5 Å². The van der Waals surface area contributed by atoms with Gasteiger partial charge in [0, 0.05) is 16.7 Å². The molecule has 8 heteroatoms. The van der Waals surface area contributed by atoms with Crippen LogP contribution in [0.5, 0.6) is 0 Å². The van der Waals surface area contributed by atoms with Crippen molar-refractivity contribution in [3.8, 4) is 0 Å². The van der Waals surface area contributed by atoms with E-state index in [2.05, 4.69) is 0 Å².